The summed E-state index contributed by atoms with van der Waals surface area (Å²) in [5.74, 6) is -1.93. The Hall–Kier alpha value is -1.74. The van der Waals surface area contributed by atoms with Crippen molar-refractivity contribution in [3.8, 4) is 0 Å². The summed E-state index contributed by atoms with van der Waals surface area (Å²) >= 11 is 10.8. The summed E-state index contributed by atoms with van der Waals surface area (Å²) in [5, 5.41) is 27.9. The molecule has 0 radical (unpaired) electrons. The predicted molar refractivity (Wildman–Crippen MR) is 178 cm³/mol. The maximum absolute atomic E-state index is 11.8. The van der Waals surface area contributed by atoms with Crippen molar-refractivity contribution in [3.63, 3.8) is 0 Å². The van der Waals surface area contributed by atoms with Crippen molar-refractivity contribution in [2.45, 2.75) is 123 Å². The third-order valence-electron chi connectivity index (χ3n) is 5.91. The van der Waals surface area contributed by atoms with Crippen molar-refractivity contribution >= 4 is 47.1 Å². The average Bonchev–Trinajstić information content (AvgIpc) is 2.95. The van der Waals surface area contributed by atoms with Gasteiger partial charge in [-0.3, -0.25) is 19.2 Å². The van der Waals surface area contributed by atoms with Gasteiger partial charge in [0.05, 0.1) is 19.8 Å². The molecule has 46 heavy (non-hydrogen) atoms. The number of carbonyl (C=O) groups excluding carboxylic acids is 4. The molecule has 0 aliphatic rings. The maximum Gasteiger partial charge on any atom is 0.321 e. The van der Waals surface area contributed by atoms with Gasteiger partial charge in [-0.25, -0.2) is 0 Å². The molecule has 0 bridgehead atoms. The van der Waals surface area contributed by atoms with E-state index in [0.717, 1.165) is 0 Å². The number of unbranched alkanes of at least 4 members (excludes halogenated alkanes) is 1. The standard InChI is InChI=1S/C17H33NO6.C12H20Cl2O4.C2H7NO/c1-16(2,23-14(21)7-5-6-11-19)8-9-17(3,4)24-15(22)13-18-10-12-20;1-11(2,17-9(15)7-13)5-6-12(3,4)18-10(16)8-14;3-1-2-4/h18-20H,5-13H2,1-4H3;5-8H2,1-4H3;4H,1-3H2. The molecule has 0 aromatic heterocycles. The molecule has 0 unspecified atom stereocenters. The van der Waals surface area contributed by atoms with Gasteiger partial charge in [-0.1, -0.05) is 0 Å². The van der Waals surface area contributed by atoms with Gasteiger partial charge in [-0.15, -0.1) is 23.2 Å². The second-order valence-electron chi connectivity index (χ2n) is 12.8. The molecule has 0 heterocycles. The van der Waals surface area contributed by atoms with Gasteiger partial charge in [0, 0.05) is 26.1 Å². The van der Waals surface area contributed by atoms with Crippen molar-refractivity contribution in [3.05, 3.63) is 0 Å². The summed E-state index contributed by atoms with van der Waals surface area (Å²) in [6, 6.07) is 0. The van der Waals surface area contributed by atoms with E-state index in [1.54, 1.807) is 27.7 Å². The van der Waals surface area contributed by atoms with Crippen LogP contribution in [0.2, 0.25) is 0 Å². The Morgan fingerprint density at radius 2 is 0.935 bits per heavy atom. The largest absolute Gasteiger partial charge is 0.460 e. The number of hydrogen-bond donors (Lipinski definition) is 5. The Morgan fingerprint density at radius 1 is 0.587 bits per heavy atom. The summed E-state index contributed by atoms with van der Waals surface area (Å²) < 4.78 is 21.2. The van der Waals surface area contributed by atoms with Crippen molar-refractivity contribution < 1.29 is 53.4 Å². The smallest absolute Gasteiger partial charge is 0.321 e. The zero-order valence-corrected chi connectivity index (χ0v) is 30.6. The summed E-state index contributed by atoms with van der Waals surface area (Å²) in [4.78, 5) is 45.7. The minimum absolute atomic E-state index is 0.0332. The number of carbonyl (C=O) groups is 4. The topological polar surface area (TPSA) is 204 Å². The van der Waals surface area contributed by atoms with E-state index in [-0.39, 0.29) is 50.1 Å². The second kappa shape index (κ2) is 26.2. The minimum Gasteiger partial charge on any atom is -0.460 e. The first-order chi connectivity index (χ1) is 21.1. The highest BCUT2D eigenvalue weighted by atomic mass is 35.5. The van der Waals surface area contributed by atoms with Crippen molar-refractivity contribution in [2.24, 2.45) is 5.73 Å². The van der Waals surface area contributed by atoms with E-state index in [2.05, 4.69) is 5.32 Å². The molecule has 15 heteroatoms. The van der Waals surface area contributed by atoms with E-state index in [4.69, 9.17) is 63.2 Å². The number of nitrogens with two attached hydrogens (primary N) is 1. The third kappa shape index (κ3) is 32.2. The Labute approximate surface area is 285 Å². The number of hydrogen-bond acceptors (Lipinski definition) is 13. The molecule has 0 amide bonds. The number of nitrogens with one attached hydrogen (secondary N) is 1. The van der Waals surface area contributed by atoms with Crippen LogP contribution in [0.25, 0.3) is 0 Å². The molecule has 0 aliphatic carbocycles. The first-order valence-corrected chi connectivity index (χ1v) is 16.4. The molecule has 13 nitrogen and oxygen atoms in total. The van der Waals surface area contributed by atoms with Crippen LogP contribution in [0.1, 0.15) is 100 Å². The fraction of sp³-hybridized carbons (Fsp3) is 0.871. The van der Waals surface area contributed by atoms with Gasteiger partial charge < -0.3 is 45.3 Å². The molecule has 0 saturated carbocycles. The van der Waals surface area contributed by atoms with E-state index in [0.29, 0.717) is 58.0 Å². The van der Waals surface area contributed by atoms with Gasteiger partial charge >= 0.3 is 23.9 Å². The van der Waals surface area contributed by atoms with Crippen molar-refractivity contribution in [1.82, 2.24) is 5.32 Å². The highest BCUT2D eigenvalue weighted by Gasteiger charge is 2.30. The van der Waals surface area contributed by atoms with E-state index in [1.807, 2.05) is 27.7 Å². The zero-order valence-electron chi connectivity index (χ0n) is 29.0. The van der Waals surface area contributed by atoms with Crippen LogP contribution in [0.4, 0.5) is 0 Å². The van der Waals surface area contributed by atoms with Gasteiger partial charge in [0.25, 0.3) is 0 Å². The lowest BCUT2D eigenvalue weighted by molar-refractivity contribution is -0.163. The SMILES string of the molecule is CC(C)(CCC(C)(C)OC(=O)CCl)OC(=O)CCl.CC(C)(CCC(C)(C)OC(=O)CNCCO)OC(=O)CCCCO.NCCO. The fourth-order valence-corrected chi connectivity index (χ4v) is 3.54. The van der Waals surface area contributed by atoms with Gasteiger partial charge in [0.1, 0.15) is 34.2 Å². The van der Waals surface area contributed by atoms with E-state index in [9.17, 15) is 19.2 Å². The van der Waals surface area contributed by atoms with Gasteiger partial charge in [-0.2, -0.15) is 0 Å². The molecular formula is C31H60Cl2N2O11. The van der Waals surface area contributed by atoms with Crippen LogP contribution in [0.15, 0.2) is 0 Å². The van der Waals surface area contributed by atoms with Crippen LogP contribution in [-0.4, -0.2) is 113 Å². The fourth-order valence-electron chi connectivity index (χ4n) is 3.43. The molecule has 274 valence electrons. The highest BCUT2D eigenvalue weighted by Crippen LogP contribution is 2.26. The number of halogens is 2. The van der Waals surface area contributed by atoms with Crippen molar-refractivity contribution in [1.29, 1.82) is 0 Å². The molecule has 0 aromatic carbocycles. The second-order valence-corrected chi connectivity index (χ2v) is 13.3. The van der Waals surface area contributed by atoms with Crippen LogP contribution in [0.3, 0.4) is 0 Å². The summed E-state index contributed by atoms with van der Waals surface area (Å²) in [7, 11) is 0. The Bertz CT molecular complexity index is 786. The van der Waals surface area contributed by atoms with Gasteiger partial charge in [-0.05, 0) is 93.9 Å². The number of aliphatic hydroxyl groups is 3. The molecule has 0 aliphatic heterocycles. The van der Waals surface area contributed by atoms with E-state index in [1.165, 1.54) is 0 Å². The normalized spacial score (nSPS) is 11.7. The summed E-state index contributed by atoms with van der Waals surface area (Å²) in [6.45, 7) is 15.4. The number of rotatable bonds is 21. The van der Waals surface area contributed by atoms with Gasteiger partial charge in [0.2, 0.25) is 0 Å². The van der Waals surface area contributed by atoms with Crippen LogP contribution in [0.5, 0.6) is 0 Å². The number of alkyl halides is 2. The van der Waals surface area contributed by atoms with Crippen LogP contribution in [-0.2, 0) is 38.1 Å². The van der Waals surface area contributed by atoms with E-state index < -0.39 is 34.3 Å². The predicted octanol–water partition coefficient (Wildman–Crippen LogP) is 2.98. The zero-order chi connectivity index (χ0) is 36.5. The number of esters is 4. The Morgan fingerprint density at radius 3 is 1.24 bits per heavy atom. The number of aliphatic hydroxyl groups excluding tert-OH is 3. The Kier molecular flexibility index (Phi) is 27.8. The molecule has 0 spiro atoms. The van der Waals surface area contributed by atoms with Crippen LogP contribution in [0, 0.1) is 0 Å². The molecule has 0 atom stereocenters. The third-order valence-corrected chi connectivity index (χ3v) is 6.35. The minimum atomic E-state index is -0.668. The molecule has 0 rings (SSSR count). The molecule has 6 N–H and O–H groups in total. The monoisotopic (exact) mass is 706 g/mol. The maximum atomic E-state index is 11.8. The lowest BCUT2D eigenvalue weighted by Crippen LogP contribution is -2.37. The molecule has 0 aromatic rings. The van der Waals surface area contributed by atoms with E-state index >= 15 is 0 Å². The van der Waals surface area contributed by atoms with Crippen LogP contribution < -0.4 is 11.1 Å². The average molecular weight is 708 g/mol. The first kappa shape index (κ1) is 48.7. The quantitative estimate of drug-likeness (QED) is 0.0505. The number of ether oxygens (including phenoxy) is 4. The lowest BCUT2D eigenvalue weighted by atomic mass is 9.93. The molecule has 0 fully saturated rings. The molecule has 0 saturated heterocycles. The highest BCUT2D eigenvalue weighted by molar-refractivity contribution is 6.26. The lowest BCUT2D eigenvalue weighted by Gasteiger charge is -2.31. The van der Waals surface area contributed by atoms with Crippen LogP contribution >= 0.6 is 23.2 Å². The Balaban J connectivity index is -0.000000741. The summed E-state index contributed by atoms with van der Waals surface area (Å²) in [6.07, 6.45) is 3.70. The first-order valence-electron chi connectivity index (χ1n) is 15.4. The summed E-state index contributed by atoms with van der Waals surface area (Å²) in [5.41, 5.74) is 2.18. The molecular weight excluding hydrogens is 647 g/mol. The van der Waals surface area contributed by atoms with Crippen molar-refractivity contribution in [2.75, 3.05) is 51.2 Å². The van der Waals surface area contributed by atoms with Gasteiger partial charge in [0.15, 0.2) is 0 Å².